The van der Waals surface area contributed by atoms with Crippen LogP contribution in [0.4, 0.5) is 11.5 Å². The number of benzene rings is 2. The Labute approximate surface area is 161 Å². The van der Waals surface area contributed by atoms with Crippen molar-refractivity contribution < 1.29 is 14.3 Å². The second-order valence-corrected chi connectivity index (χ2v) is 6.37. The number of pyridine rings is 1. The van der Waals surface area contributed by atoms with Crippen LogP contribution in [-0.2, 0) is 6.54 Å². The van der Waals surface area contributed by atoms with Gasteiger partial charge in [-0.2, -0.15) is 0 Å². The number of carbonyl (C=O) groups is 1. The second-order valence-electron chi connectivity index (χ2n) is 5.93. The molecule has 7 heteroatoms. The molecular formula is C20H16ClN3O3. The average Bonchev–Trinajstić information content (AvgIpc) is 3.15. The van der Waals surface area contributed by atoms with Crippen LogP contribution < -0.4 is 20.1 Å². The second kappa shape index (κ2) is 7.55. The van der Waals surface area contributed by atoms with E-state index in [4.69, 9.17) is 21.1 Å². The summed E-state index contributed by atoms with van der Waals surface area (Å²) in [6.07, 6.45) is 1.60. The minimum absolute atomic E-state index is 0.194. The van der Waals surface area contributed by atoms with Crippen LogP contribution in [-0.4, -0.2) is 17.7 Å². The first-order valence-corrected chi connectivity index (χ1v) is 8.70. The summed E-state index contributed by atoms with van der Waals surface area (Å²) in [5, 5.41) is 6.75. The molecule has 2 heterocycles. The summed E-state index contributed by atoms with van der Waals surface area (Å²) in [6.45, 7) is 0.775. The molecule has 6 nitrogen and oxygen atoms in total. The molecule has 4 rings (SSSR count). The van der Waals surface area contributed by atoms with E-state index in [0.29, 0.717) is 40.1 Å². The molecule has 0 bridgehead atoms. The maximum absolute atomic E-state index is 12.5. The molecule has 0 unspecified atom stereocenters. The van der Waals surface area contributed by atoms with Gasteiger partial charge in [0.2, 0.25) is 6.79 Å². The molecule has 0 spiro atoms. The van der Waals surface area contributed by atoms with Gasteiger partial charge in [-0.15, -0.1) is 0 Å². The summed E-state index contributed by atoms with van der Waals surface area (Å²) in [7, 11) is 0. The summed E-state index contributed by atoms with van der Waals surface area (Å²) in [5.41, 5.74) is 2.20. The SMILES string of the molecule is O=C(Nc1ccc2c(c1)OCO2)c1ccnc(NCc2ccc(Cl)cc2)c1. The highest BCUT2D eigenvalue weighted by Gasteiger charge is 2.15. The first kappa shape index (κ1) is 17.2. The molecule has 1 aliphatic heterocycles. The van der Waals surface area contributed by atoms with Gasteiger partial charge in [0.05, 0.1) is 0 Å². The molecule has 1 aliphatic rings. The third-order valence-corrected chi connectivity index (χ3v) is 4.29. The van der Waals surface area contributed by atoms with E-state index in [1.807, 2.05) is 24.3 Å². The zero-order valence-corrected chi connectivity index (χ0v) is 15.0. The van der Waals surface area contributed by atoms with Crippen molar-refractivity contribution in [3.05, 3.63) is 76.9 Å². The van der Waals surface area contributed by atoms with Crippen molar-refractivity contribution in [1.29, 1.82) is 0 Å². The normalized spacial score (nSPS) is 11.9. The molecule has 2 N–H and O–H groups in total. The quantitative estimate of drug-likeness (QED) is 0.688. The van der Waals surface area contributed by atoms with Crippen LogP contribution in [0.2, 0.25) is 5.02 Å². The number of amides is 1. The lowest BCUT2D eigenvalue weighted by Crippen LogP contribution is -2.12. The maximum Gasteiger partial charge on any atom is 0.255 e. The smallest absolute Gasteiger partial charge is 0.255 e. The molecule has 0 aliphatic carbocycles. The van der Waals surface area contributed by atoms with Crippen LogP contribution in [0, 0.1) is 0 Å². The Kier molecular flexibility index (Phi) is 4.80. The number of aromatic nitrogens is 1. The minimum Gasteiger partial charge on any atom is -0.454 e. The zero-order chi connectivity index (χ0) is 18.6. The summed E-state index contributed by atoms with van der Waals surface area (Å²) >= 11 is 5.89. The van der Waals surface area contributed by atoms with Crippen LogP contribution in [0.25, 0.3) is 0 Å². The lowest BCUT2D eigenvalue weighted by molar-refractivity contribution is 0.102. The molecule has 136 valence electrons. The summed E-state index contributed by atoms with van der Waals surface area (Å²) in [5.74, 6) is 1.67. The third-order valence-electron chi connectivity index (χ3n) is 4.04. The van der Waals surface area contributed by atoms with E-state index < -0.39 is 0 Å². The molecule has 1 aromatic heterocycles. The fourth-order valence-corrected chi connectivity index (χ4v) is 2.77. The highest BCUT2D eigenvalue weighted by molar-refractivity contribution is 6.30. The van der Waals surface area contributed by atoms with Crippen molar-refractivity contribution in [3.8, 4) is 11.5 Å². The van der Waals surface area contributed by atoms with Gasteiger partial charge in [-0.3, -0.25) is 4.79 Å². The Morgan fingerprint density at radius 2 is 1.85 bits per heavy atom. The van der Waals surface area contributed by atoms with Crippen molar-refractivity contribution in [2.24, 2.45) is 0 Å². The number of halogens is 1. The Morgan fingerprint density at radius 3 is 2.70 bits per heavy atom. The van der Waals surface area contributed by atoms with Crippen molar-refractivity contribution in [1.82, 2.24) is 4.98 Å². The molecule has 27 heavy (non-hydrogen) atoms. The van der Waals surface area contributed by atoms with Gasteiger partial charge < -0.3 is 20.1 Å². The number of hydrogen-bond acceptors (Lipinski definition) is 5. The highest BCUT2D eigenvalue weighted by atomic mass is 35.5. The highest BCUT2D eigenvalue weighted by Crippen LogP contribution is 2.34. The summed E-state index contributed by atoms with van der Waals surface area (Å²) < 4.78 is 10.6. The van der Waals surface area contributed by atoms with Gasteiger partial charge >= 0.3 is 0 Å². The number of ether oxygens (including phenoxy) is 2. The van der Waals surface area contributed by atoms with Crippen molar-refractivity contribution in [2.75, 3.05) is 17.4 Å². The van der Waals surface area contributed by atoms with Gasteiger partial charge in [0.1, 0.15) is 5.82 Å². The molecule has 0 fully saturated rings. The number of fused-ring (bicyclic) bond motifs is 1. The number of nitrogens with one attached hydrogen (secondary N) is 2. The molecule has 2 aromatic carbocycles. The molecule has 3 aromatic rings. The molecule has 0 radical (unpaired) electrons. The first-order chi connectivity index (χ1) is 13.2. The molecule has 1 amide bonds. The van der Waals surface area contributed by atoms with Gasteiger partial charge in [0, 0.05) is 35.1 Å². The largest absolute Gasteiger partial charge is 0.454 e. The van der Waals surface area contributed by atoms with Gasteiger partial charge in [-0.1, -0.05) is 23.7 Å². The molecule has 0 saturated heterocycles. The third kappa shape index (κ3) is 4.12. The van der Waals surface area contributed by atoms with E-state index in [2.05, 4.69) is 15.6 Å². The first-order valence-electron chi connectivity index (χ1n) is 8.33. The van der Waals surface area contributed by atoms with E-state index in [0.717, 1.165) is 5.56 Å². The predicted molar refractivity (Wildman–Crippen MR) is 104 cm³/mol. The van der Waals surface area contributed by atoms with Crippen LogP contribution >= 0.6 is 11.6 Å². The number of hydrogen-bond donors (Lipinski definition) is 2. The molecule has 0 atom stereocenters. The maximum atomic E-state index is 12.5. The van der Waals surface area contributed by atoms with Crippen molar-refractivity contribution >= 4 is 29.0 Å². The Hall–Kier alpha value is -3.25. The standard InChI is InChI=1S/C20H16ClN3O3/c21-15-3-1-13(2-4-15)11-23-19-9-14(7-8-22-19)20(25)24-16-5-6-17-18(10-16)27-12-26-17/h1-10H,11-12H2,(H,22,23)(H,24,25). The van der Waals surface area contributed by atoms with Crippen LogP contribution in [0.1, 0.15) is 15.9 Å². The average molecular weight is 382 g/mol. The monoisotopic (exact) mass is 381 g/mol. The zero-order valence-electron chi connectivity index (χ0n) is 14.2. The van der Waals surface area contributed by atoms with Crippen molar-refractivity contribution in [3.63, 3.8) is 0 Å². The van der Waals surface area contributed by atoms with Crippen LogP contribution in [0.3, 0.4) is 0 Å². The Morgan fingerprint density at radius 1 is 1.04 bits per heavy atom. The van der Waals surface area contributed by atoms with Crippen LogP contribution in [0.5, 0.6) is 11.5 Å². The van der Waals surface area contributed by atoms with E-state index >= 15 is 0 Å². The van der Waals surface area contributed by atoms with E-state index in [9.17, 15) is 4.79 Å². The molecule has 0 saturated carbocycles. The van der Waals surface area contributed by atoms with Crippen LogP contribution in [0.15, 0.2) is 60.8 Å². The summed E-state index contributed by atoms with van der Waals surface area (Å²) in [4.78, 5) is 16.8. The minimum atomic E-state index is -0.231. The lowest BCUT2D eigenvalue weighted by atomic mass is 10.2. The van der Waals surface area contributed by atoms with Gasteiger partial charge in [0.15, 0.2) is 11.5 Å². The predicted octanol–water partition coefficient (Wildman–Crippen LogP) is 4.33. The Bertz CT molecular complexity index is 976. The summed E-state index contributed by atoms with van der Waals surface area (Å²) in [6, 6.07) is 16.2. The number of nitrogens with zero attached hydrogens (tertiary/aromatic N) is 1. The number of carbonyl (C=O) groups excluding carboxylic acids is 1. The fourth-order valence-electron chi connectivity index (χ4n) is 2.64. The van der Waals surface area contributed by atoms with Gasteiger partial charge in [-0.25, -0.2) is 4.98 Å². The Balaban J connectivity index is 1.42. The van der Waals surface area contributed by atoms with Gasteiger partial charge in [-0.05, 0) is 42.0 Å². The van der Waals surface area contributed by atoms with E-state index in [1.54, 1.807) is 36.5 Å². The topological polar surface area (TPSA) is 72.5 Å². The van der Waals surface area contributed by atoms with Crippen molar-refractivity contribution in [2.45, 2.75) is 6.54 Å². The van der Waals surface area contributed by atoms with E-state index in [1.165, 1.54) is 0 Å². The molecular weight excluding hydrogens is 366 g/mol. The van der Waals surface area contributed by atoms with E-state index in [-0.39, 0.29) is 12.7 Å². The number of anilines is 2. The fraction of sp³-hybridized carbons (Fsp3) is 0.100. The number of rotatable bonds is 5. The van der Waals surface area contributed by atoms with Gasteiger partial charge in [0.25, 0.3) is 5.91 Å². The lowest BCUT2D eigenvalue weighted by Gasteiger charge is -2.09.